The SMILES string of the molecule is COc1ccc([N+](=O)[O-])c(NCC(C)(C)CCO)n1. The van der Waals surface area contributed by atoms with Gasteiger partial charge in [0.05, 0.1) is 12.0 Å². The molecule has 7 heteroatoms. The minimum atomic E-state index is -0.492. The molecule has 0 saturated carbocycles. The van der Waals surface area contributed by atoms with Gasteiger partial charge in [0.25, 0.3) is 0 Å². The Morgan fingerprint density at radius 1 is 1.53 bits per heavy atom. The van der Waals surface area contributed by atoms with Gasteiger partial charge in [0.15, 0.2) is 0 Å². The third-order valence-electron chi connectivity index (χ3n) is 2.78. The number of ether oxygens (including phenoxy) is 1. The van der Waals surface area contributed by atoms with Crippen LogP contribution >= 0.6 is 0 Å². The first kappa shape index (κ1) is 15.2. The van der Waals surface area contributed by atoms with Gasteiger partial charge in [0.1, 0.15) is 0 Å². The van der Waals surface area contributed by atoms with E-state index >= 15 is 0 Å². The Labute approximate surface area is 111 Å². The van der Waals surface area contributed by atoms with Crippen molar-refractivity contribution in [3.8, 4) is 5.88 Å². The van der Waals surface area contributed by atoms with E-state index in [1.165, 1.54) is 19.2 Å². The summed E-state index contributed by atoms with van der Waals surface area (Å²) in [4.78, 5) is 14.5. The molecule has 1 heterocycles. The molecule has 0 fully saturated rings. The topological polar surface area (TPSA) is 97.5 Å². The summed E-state index contributed by atoms with van der Waals surface area (Å²) in [6, 6.07) is 2.80. The molecule has 0 aliphatic carbocycles. The van der Waals surface area contributed by atoms with Crippen molar-refractivity contribution in [1.82, 2.24) is 4.98 Å². The molecule has 0 amide bonds. The summed E-state index contributed by atoms with van der Waals surface area (Å²) in [7, 11) is 1.45. The van der Waals surface area contributed by atoms with Gasteiger partial charge in [0.2, 0.25) is 11.7 Å². The van der Waals surface area contributed by atoms with Gasteiger partial charge in [-0.2, -0.15) is 4.98 Å². The third-order valence-corrected chi connectivity index (χ3v) is 2.78. The predicted molar refractivity (Wildman–Crippen MR) is 71.4 cm³/mol. The molecule has 1 rings (SSSR count). The standard InChI is InChI=1S/C12H19N3O4/c1-12(2,6-7-16)8-13-11-9(15(17)18)4-5-10(14-11)19-3/h4-5,16H,6-8H2,1-3H3,(H,13,14). The highest BCUT2D eigenvalue weighted by molar-refractivity contribution is 5.57. The zero-order valence-corrected chi connectivity index (χ0v) is 11.3. The number of aliphatic hydroxyl groups excluding tert-OH is 1. The van der Waals surface area contributed by atoms with Gasteiger partial charge in [-0.05, 0) is 11.8 Å². The molecule has 1 aromatic rings. The molecule has 0 unspecified atom stereocenters. The maximum Gasteiger partial charge on any atom is 0.311 e. The molecule has 0 aliphatic rings. The summed E-state index contributed by atoms with van der Waals surface area (Å²) in [5.74, 6) is 0.489. The largest absolute Gasteiger partial charge is 0.481 e. The van der Waals surface area contributed by atoms with Crippen LogP contribution in [0.5, 0.6) is 5.88 Å². The number of aromatic nitrogens is 1. The molecule has 0 radical (unpaired) electrons. The van der Waals surface area contributed by atoms with Crippen molar-refractivity contribution in [2.45, 2.75) is 20.3 Å². The van der Waals surface area contributed by atoms with Gasteiger partial charge >= 0.3 is 5.69 Å². The summed E-state index contributed by atoms with van der Waals surface area (Å²) < 4.78 is 4.96. The fraction of sp³-hybridized carbons (Fsp3) is 0.583. The average molecular weight is 269 g/mol. The molecule has 1 aromatic heterocycles. The van der Waals surface area contributed by atoms with E-state index in [-0.39, 0.29) is 23.5 Å². The van der Waals surface area contributed by atoms with E-state index in [1.807, 2.05) is 13.8 Å². The number of rotatable bonds is 7. The molecule has 2 N–H and O–H groups in total. The van der Waals surface area contributed by atoms with E-state index in [9.17, 15) is 10.1 Å². The number of nitro groups is 1. The zero-order valence-electron chi connectivity index (χ0n) is 11.3. The molecule has 0 aromatic carbocycles. The molecular formula is C12H19N3O4. The van der Waals surface area contributed by atoms with Crippen molar-refractivity contribution in [3.63, 3.8) is 0 Å². The number of hydrogen-bond acceptors (Lipinski definition) is 6. The lowest BCUT2D eigenvalue weighted by atomic mass is 9.90. The van der Waals surface area contributed by atoms with Crippen LogP contribution in [0, 0.1) is 15.5 Å². The van der Waals surface area contributed by atoms with E-state index in [0.29, 0.717) is 18.8 Å². The van der Waals surface area contributed by atoms with Crippen molar-refractivity contribution >= 4 is 11.5 Å². The molecule has 7 nitrogen and oxygen atoms in total. The van der Waals surface area contributed by atoms with Crippen LogP contribution in [0.2, 0.25) is 0 Å². The monoisotopic (exact) mass is 269 g/mol. The zero-order chi connectivity index (χ0) is 14.5. The number of nitrogens with one attached hydrogen (secondary N) is 1. The Kier molecular flexibility index (Phi) is 5.05. The minimum absolute atomic E-state index is 0.0717. The lowest BCUT2D eigenvalue weighted by Crippen LogP contribution is -2.25. The quantitative estimate of drug-likeness (QED) is 0.578. The Balaban J connectivity index is 2.89. The molecule has 0 bridgehead atoms. The maximum absolute atomic E-state index is 10.9. The Morgan fingerprint density at radius 3 is 2.74 bits per heavy atom. The fourth-order valence-electron chi connectivity index (χ4n) is 1.54. The average Bonchev–Trinajstić information content (AvgIpc) is 2.35. The van der Waals surface area contributed by atoms with Gasteiger partial charge in [-0.15, -0.1) is 0 Å². The molecule has 0 saturated heterocycles. The number of anilines is 1. The smallest absolute Gasteiger partial charge is 0.311 e. The first-order valence-corrected chi connectivity index (χ1v) is 5.94. The Morgan fingerprint density at radius 2 is 2.21 bits per heavy atom. The second-order valence-electron chi connectivity index (χ2n) is 4.97. The summed E-state index contributed by atoms with van der Waals surface area (Å²) in [6.45, 7) is 4.46. The minimum Gasteiger partial charge on any atom is -0.481 e. The van der Waals surface area contributed by atoms with E-state index in [2.05, 4.69) is 10.3 Å². The van der Waals surface area contributed by atoms with Crippen LogP contribution in [0.4, 0.5) is 11.5 Å². The molecule has 0 atom stereocenters. The highest BCUT2D eigenvalue weighted by atomic mass is 16.6. The van der Waals surface area contributed by atoms with Gasteiger partial charge in [-0.3, -0.25) is 10.1 Å². The highest BCUT2D eigenvalue weighted by Gasteiger charge is 2.21. The van der Waals surface area contributed by atoms with Crippen molar-refractivity contribution < 1.29 is 14.8 Å². The number of hydrogen-bond donors (Lipinski definition) is 2. The van der Waals surface area contributed by atoms with Crippen molar-refractivity contribution in [2.24, 2.45) is 5.41 Å². The molecular weight excluding hydrogens is 250 g/mol. The summed E-state index contributed by atoms with van der Waals surface area (Å²) in [5.41, 5.74) is -0.284. The number of aliphatic hydroxyl groups is 1. The van der Waals surface area contributed by atoms with Gasteiger partial charge in [-0.25, -0.2) is 0 Å². The van der Waals surface area contributed by atoms with Gasteiger partial charge < -0.3 is 15.2 Å². The lowest BCUT2D eigenvalue weighted by molar-refractivity contribution is -0.384. The summed E-state index contributed by atoms with van der Waals surface area (Å²) in [6.07, 6.45) is 0.595. The molecule has 0 aliphatic heterocycles. The second kappa shape index (κ2) is 6.33. The van der Waals surface area contributed by atoms with Crippen molar-refractivity contribution in [1.29, 1.82) is 0 Å². The van der Waals surface area contributed by atoms with Crippen LogP contribution in [0.15, 0.2) is 12.1 Å². The third kappa shape index (κ3) is 4.36. The van der Waals surface area contributed by atoms with E-state index < -0.39 is 4.92 Å². The lowest BCUT2D eigenvalue weighted by Gasteiger charge is -2.24. The molecule has 19 heavy (non-hydrogen) atoms. The fourth-order valence-corrected chi connectivity index (χ4v) is 1.54. The Hall–Kier alpha value is -1.89. The molecule has 106 valence electrons. The number of nitrogens with zero attached hydrogens (tertiary/aromatic N) is 2. The molecule has 0 spiro atoms. The van der Waals surface area contributed by atoms with Gasteiger partial charge in [0, 0.05) is 25.3 Å². The second-order valence-corrected chi connectivity index (χ2v) is 4.97. The normalized spacial score (nSPS) is 11.2. The van der Waals surface area contributed by atoms with Crippen molar-refractivity contribution in [2.75, 3.05) is 25.6 Å². The number of pyridine rings is 1. The van der Waals surface area contributed by atoms with Gasteiger partial charge in [-0.1, -0.05) is 13.8 Å². The van der Waals surface area contributed by atoms with Crippen LogP contribution in [-0.2, 0) is 0 Å². The van der Waals surface area contributed by atoms with E-state index in [1.54, 1.807) is 0 Å². The van der Waals surface area contributed by atoms with E-state index in [4.69, 9.17) is 9.84 Å². The predicted octanol–water partition coefficient (Wildman–Crippen LogP) is 1.82. The maximum atomic E-state index is 10.9. The van der Waals surface area contributed by atoms with Crippen LogP contribution in [-0.4, -0.2) is 35.3 Å². The van der Waals surface area contributed by atoms with Crippen LogP contribution < -0.4 is 10.1 Å². The van der Waals surface area contributed by atoms with Crippen LogP contribution in [0.25, 0.3) is 0 Å². The first-order chi connectivity index (χ1) is 8.89. The van der Waals surface area contributed by atoms with Crippen LogP contribution in [0.1, 0.15) is 20.3 Å². The highest BCUT2D eigenvalue weighted by Crippen LogP contribution is 2.27. The first-order valence-electron chi connectivity index (χ1n) is 5.94. The van der Waals surface area contributed by atoms with Crippen molar-refractivity contribution in [3.05, 3.63) is 22.2 Å². The Bertz CT molecular complexity index is 449. The number of methoxy groups -OCH3 is 1. The summed E-state index contributed by atoms with van der Waals surface area (Å²) in [5, 5.41) is 22.8. The summed E-state index contributed by atoms with van der Waals surface area (Å²) >= 11 is 0. The van der Waals surface area contributed by atoms with Crippen LogP contribution in [0.3, 0.4) is 0 Å². The van der Waals surface area contributed by atoms with E-state index in [0.717, 1.165) is 0 Å².